The van der Waals surface area contributed by atoms with E-state index in [4.69, 9.17) is 5.73 Å². The van der Waals surface area contributed by atoms with E-state index in [2.05, 4.69) is 53.4 Å². The Morgan fingerprint density at radius 3 is 2.52 bits per heavy atom. The van der Waals surface area contributed by atoms with E-state index < -0.39 is 0 Å². The Kier molecular flexibility index (Phi) is 4.88. The van der Waals surface area contributed by atoms with Gasteiger partial charge in [-0.25, -0.2) is 9.97 Å². The summed E-state index contributed by atoms with van der Waals surface area (Å²) in [5.74, 6) is 0.881. The Bertz CT molecular complexity index is 793. The van der Waals surface area contributed by atoms with Crippen molar-refractivity contribution >= 4 is 27.4 Å². The summed E-state index contributed by atoms with van der Waals surface area (Å²) >= 11 is 1.75. The maximum absolute atomic E-state index is 5.63. The Balaban J connectivity index is 2.19. The largest absolute Gasteiger partial charge is 0.368 e. The van der Waals surface area contributed by atoms with Gasteiger partial charge in [0.05, 0.1) is 5.39 Å². The average Bonchev–Trinajstić information content (AvgIpc) is 2.99. The monoisotopic (exact) mass is 326 g/mol. The summed E-state index contributed by atoms with van der Waals surface area (Å²) in [6.45, 7) is 5.65. The molecule has 0 aliphatic carbocycles. The molecule has 1 aromatic carbocycles. The van der Waals surface area contributed by atoms with Crippen LogP contribution >= 0.6 is 11.3 Å². The van der Waals surface area contributed by atoms with E-state index in [0.29, 0.717) is 13.1 Å². The Morgan fingerprint density at radius 2 is 1.87 bits per heavy atom. The number of anilines is 1. The lowest BCUT2D eigenvalue weighted by Crippen LogP contribution is -2.14. The van der Waals surface area contributed by atoms with Gasteiger partial charge in [-0.3, -0.25) is 0 Å². The maximum atomic E-state index is 5.63. The zero-order valence-corrected chi connectivity index (χ0v) is 14.4. The average molecular weight is 326 g/mol. The first kappa shape index (κ1) is 15.9. The van der Waals surface area contributed by atoms with Gasteiger partial charge >= 0.3 is 0 Å². The van der Waals surface area contributed by atoms with Gasteiger partial charge in [0, 0.05) is 23.5 Å². The molecule has 0 saturated carbocycles. The Morgan fingerprint density at radius 1 is 1.09 bits per heavy atom. The van der Waals surface area contributed by atoms with E-state index >= 15 is 0 Å². The van der Waals surface area contributed by atoms with Crippen LogP contribution in [0.5, 0.6) is 0 Å². The van der Waals surface area contributed by atoms with Crippen molar-refractivity contribution in [3.8, 4) is 11.1 Å². The van der Waals surface area contributed by atoms with Crippen LogP contribution in [-0.4, -0.2) is 23.1 Å². The highest BCUT2D eigenvalue weighted by atomic mass is 32.1. The highest BCUT2D eigenvalue weighted by Crippen LogP contribution is 2.41. The number of benzene rings is 1. The summed E-state index contributed by atoms with van der Waals surface area (Å²) < 4.78 is 0. The standard InChI is InChI=1S/C18H22N4S/c1-3-12-5-7-13(8-6-12)15-14(4-2)23-18-16(15)17(20-10-9-19)21-11-22-18/h5-8,11H,3-4,9-10,19H2,1-2H3,(H,20,21,22). The molecule has 3 N–H and O–H groups in total. The summed E-state index contributed by atoms with van der Waals surface area (Å²) in [5.41, 5.74) is 9.47. The third kappa shape index (κ3) is 3.07. The minimum atomic E-state index is 0.580. The van der Waals surface area contributed by atoms with Gasteiger partial charge in [0.1, 0.15) is 17.0 Å². The van der Waals surface area contributed by atoms with Crippen molar-refractivity contribution in [2.45, 2.75) is 26.7 Å². The highest BCUT2D eigenvalue weighted by Gasteiger charge is 2.17. The first-order valence-corrected chi connectivity index (χ1v) is 8.89. The predicted molar refractivity (Wildman–Crippen MR) is 99.2 cm³/mol. The van der Waals surface area contributed by atoms with Crippen LogP contribution < -0.4 is 11.1 Å². The van der Waals surface area contributed by atoms with Gasteiger partial charge in [0.25, 0.3) is 0 Å². The van der Waals surface area contributed by atoms with E-state index in [1.165, 1.54) is 21.6 Å². The normalized spacial score (nSPS) is 11.1. The lowest BCUT2D eigenvalue weighted by Gasteiger charge is -2.09. The molecule has 0 amide bonds. The molecule has 5 heteroatoms. The molecule has 0 radical (unpaired) electrons. The molecule has 2 aromatic heterocycles. The van der Waals surface area contributed by atoms with Crippen molar-refractivity contribution in [3.05, 3.63) is 41.0 Å². The Labute approximate surface area is 140 Å². The Hall–Kier alpha value is -1.98. The van der Waals surface area contributed by atoms with Gasteiger partial charge < -0.3 is 11.1 Å². The van der Waals surface area contributed by atoms with Crippen LogP contribution in [0.2, 0.25) is 0 Å². The van der Waals surface area contributed by atoms with Gasteiger partial charge in [0.15, 0.2) is 0 Å². The number of hydrogen-bond donors (Lipinski definition) is 2. The number of nitrogens with two attached hydrogens (primary N) is 1. The summed E-state index contributed by atoms with van der Waals surface area (Å²) in [7, 11) is 0. The molecule has 3 rings (SSSR count). The summed E-state index contributed by atoms with van der Waals surface area (Å²) in [5, 5.41) is 4.46. The van der Waals surface area contributed by atoms with Crippen LogP contribution in [-0.2, 0) is 12.8 Å². The van der Waals surface area contributed by atoms with Gasteiger partial charge in [-0.05, 0) is 24.0 Å². The molecule has 2 heterocycles. The predicted octanol–water partition coefficient (Wildman–Crippen LogP) is 3.85. The molecule has 23 heavy (non-hydrogen) atoms. The first-order valence-electron chi connectivity index (χ1n) is 8.08. The molecule has 0 aliphatic rings. The van der Waals surface area contributed by atoms with Crippen molar-refractivity contribution in [2.75, 3.05) is 18.4 Å². The minimum Gasteiger partial charge on any atom is -0.368 e. The van der Waals surface area contributed by atoms with E-state index in [1.54, 1.807) is 17.7 Å². The molecule has 120 valence electrons. The van der Waals surface area contributed by atoms with Crippen LogP contribution in [0.4, 0.5) is 5.82 Å². The second-order valence-electron chi connectivity index (χ2n) is 5.42. The lowest BCUT2D eigenvalue weighted by molar-refractivity contribution is 1.01. The zero-order valence-electron chi connectivity index (χ0n) is 13.6. The maximum Gasteiger partial charge on any atom is 0.138 e. The van der Waals surface area contributed by atoms with Crippen molar-refractivity contribution in [3.63, 3.8) is 0 Å². The van der Waals surface area contributed by atoms with Crippen LogP contribution in [0.3, 0.4) is 0 Å². The molecule has 3 aromatic rings. The third-order valence-electron chi connectivity index (χ3n) is 3.97. The number of aryl methyl sites for hydroxylation is 2. The van der Waals surface area contributed by atoms with Crippen LogP contribution in [0, 0.1) is 0 Å². The van der Waals surface area contributed by atoms with E-state index in [1.807, 2.05) is 0 Å². The molecule has 0 saturated heterocycles. The summed E-state index contributed by atoms with van der Waals surface area (Å²) in [4.78, 5) is 11.3. The van der Waals surface area contributed by atoms with Crippen molar-refractivity contribution in [1.29, 1.82) is 0 Å². The van der Waals surface area contributed by atoms with E-state index in [9.17, 15) is 0 Å². The molecular weight excluding hydrogens is 304 g/mol. The van der Waals surface area contributed by atoms with Crippen LogP contribution in [0.25, 0.3) is 21.3 Å². The number of nitrogens with zero attached hydrogens (tertiary/aromatic N) is 2. The van der Waals surface area contributed by atoms with Crippen molar-refractivity contribution in [1.82, 2.24) is 9.97 Å². The highest BCUT2D eigenvalue weighted by molar-refractivity contribution is 7.19. The molecule has 0 aliphatic heterocycles. The number of rotatable bonds is 6. The first-order chi connectivity index (χ1) is 11.3. The topological polar surface area (TPSA) is 63.8 Å². The van der Waals surface area contributed by atoms with Gasteiger partial charge in [-0.2, -0.15) is 0 Å². The number of thiophene rings is 1. The molecule has 4 nitrogen and oxygen atoms in total. The molecule has 0 spiro atoms. The molecule has 0 atom stereocenters. The fraction of sp³-hybridized carbons (Fsp3) is 0.333. The number of hydrogen-bond acceptors (Lipinski definition) is 5. The molecule has 0 bridgehead atoms. The third-order valence-corrected chi connectivity index (χ3v) is 5.21. The zero-order chi connectivity index (χ0) is 16.2. The fourth-order valence-corrected chi connectivity index (χ4v) is 3.87. The SMILES string of the molecule is CCc1ccc(-c2c(CC)sc3ncnc(NCCN)c23)cc1. The molecular formula is C18H22N4S. The minimum absolute atomic E-state index is 0.580. The quantitative estimate of drug-likeness (QED) is 0.722. The van der Waals surface area contributed by atoms with Gasteiger partial charge in [0.2, 0.25) is 0 Å². The number of nitrogens with one attached hydrogen (secondary N) is 1. The fourth-order valence-electron chi connectivity index (χ4n) is 2.77. The lowest BCUT2D eigenvalue weighted by atomic mass is 10.00. The second kappa shape index (κ2) is 7.06. The van der Waals surface area contributed by atoms with Gasteiger partial charge in [-0.15, -0.1) is 11.3 Å². The van der Waals surface area contributed by atoms with Gasteiger partial charge in [-0.1, -0.05) is 38.1 Å². The molecule has 0 unspecified atom stereocenters. The van der Waals surface area contributed by atoms with E-state index in [-0.39, 0.29) is 0 Å². The van der Waals surface area contributed by atoms with Crippen LogP contribution in [0.1, 0.15) is 24.3 Å². The summed E-state index contributed by atoms with van der Waals surface area (Å²) in [6.07, 6.45) is 3.67. The van der Waals surface area contributed by atoms with Crippen LogP contribution in [0.15, 0.2) is 30.6 Å². The molecule has 0 fully saturated rings. The van der Waals surface area contributed by atoms with E-state index in [0.717, 1.165) is 28.9 Å². The smallest absolute Gasteiger partial charge is 0.138 e. The van der Waals surface area contributed by atoms with Crippen molar-refractivity contribution in [2.24, 2.45) is 5.73 Å². The summed E-state index contributed by atoms with van der Waals surface area (Å²) in [6, 6.07) is 8.82. The number of aromatic nitrogens is 2. The second-order valence-corrected chi connectivity index (χ2v) is 6.51. The van der Waals surface area contributed by atoms with Crippen molar-refractivity contribution < 1.29 is 0 Å². The number of fused-ring (bicyclic) bond motifs is 1.